The lowest BCUT2D eigenvalue weighted by Crippen LogP contribution is -2.48. The number of carbonyl (C=O) groups is 2. The van der Waals surface area contributed by atoms with Gasteiger partial charge in [-0.3, -0.25) is 15.0 Å². The Kier molecular flexibility index (Phi) is 4.96. The second kappa shape index (κ2) is 7.91. The van der Waals surface area contributed by atoms with Crippen molar-refractivity contribution in [1.29, 1.82) is 0 Å². The number of aromatic nitrogens is 2. The maximum Gasteiger partial charge on any atom is 0.329 e. The molecule has 2 fully saturated rings. The Bertz CT molecular complexity index is 947. The van der Waals surface area contributed by atoms with Crippen LogP contribution in [0.4, 0.5) is 22.1 Å². The lowest BCUT2D eigenvalue weighted by atomic mass is 10.1. The summed E-state index contributed by atoms with van der Waals surface area (Å²) in [6.45, 7) is 2.87. The molecule has 156 valence electrons. The van der Waals surface area contributed by atoms with Crippen molar-refractivity contribution in [2.45, 2.75) is 31.3 Å². The van der Waals surface area contributed by atoms with E-state index < -0.39 is 0 Å². The van der Waals surface area contributed by atoms with E-state index in [4.69, 9.17) is 4.74 Å². The zero-order chi connectivity index (χ0) is 20.5. The Balaban J connectivity index is 1.41. The van der Waals surface area contributed by atoms with Gasteiger partial charge in [0.2, 0.25) is 0 Å². The molecular weight excluding hydrogens is 384 g/mol. The van der Waals surface area contributed by atoms with Crippen LogP contribution in [0.3, 0.4) is 0 Å². The number of hydrogen-bond donors (Lipinski definition) is 2. The first-order valence-electron chi connectivity index (χ1n) is 10.3. The average molecular weight is 408 g/mol. The van der Waals surface area contributed by atoms with Gasteiger partial charge >= 0.3 is 6.03 Å². The van der Waals surface area contributed by atoms with Crippen LogP contribution in [0, 0.1) is 0 Å². The molecule has 0 aromatic carbocycles. The van der Waals surface area contributed by atoms with Gasteiger partial charge in [-0.05, 0) is 43.5 Å². The molecule has 30 heavy (non-hydrogen) atoms. The van der Waals surface area contributed by atoms with Crippen LogP contribution >= 0.6 is 0 Å². The number of urea groups is 1. The smallest absolute Gasteiger partial charge is 0.329 e. The molecule has 2 aromatic rings. The first kappa shape index (κ1) is 18.8. The summed E-state index contributed by atoms with van der Waals surface area (Å²) < 4.78 is 5.44. The number of pyridine rings is 2. The summed E-state index contributed by atoms with van der Waals surface area (Å²) in [4.78, 5) is 38.6. The van der Waals surface area contributed by atoms with Crippen LogP contribution in [-0.4, -0.2) is 60.3 Å². The first-order valence-corrected chi connectivity index (χ1v) is 10.3. The zero-order valence-electron chi connectivity index (χ0n) is 16.6. The third-order valence-electron chi connectivity index (χ3n) is 5.80. The van der Waals surface area contributed by atoms with Gasteiger partial charge < -0.3 is 15.0 Å². The second-order valence-electron chi connectivity index (χ2n) is 7.83. The van der Waals surface area contributed by atoms with E-state index in [9.17, 15) is 9.59 Å². The van der Waals surface area contributed by atoms with Crippen LogP contribution in [0.5, 0.6) is 0 Å². The van der Waals surface area contributed by atoms with Gasteiger partial charge in [0.1, 0.15) is 11.5 Å². The third kappa shape index (κ3) is 3.56. The molecule has 2 aromatic heterocycles. The Morgan fingerprint density at radius 1 is 1.17 bits per heavy atom. The van der Waals surface area contributed by atoms with E-state index in [0.29, 0.717) is 23.9 Å². The summed E-state index contributed by atoms with van der Waals surface area (Å²) in [7, 11) is 0. The standard InChI is InChI=1S/C21H24N6O3/c28-20(23-14-4-3-11-30-13-14)16-6-7-17-19(24-16)27(15-8-10-26(17)12-15)21(29)25-18-5-1-2-9-22-18/h1-2,5-7,9,14-15H,3-4,8,10-13H2,(H,23,28)(H,22,25,29). The van der Waals surface area contributed by atoms with Crippen molar-refractivity contribution in [3.05, 3.63) is 42.2 Å². The van der Waals surface area contributed by atoms with Gasteiger partial charge in [-0.15, -0.1) is 0 Å². The molecule has 2 saturated heterocycles. The highest BCUT2D eigenvalue weighted by Crippen LogP contribution is 2.39. The summed E-state index contributed by atoms with van der Waals surface area (Å²) in [6.07, 6.45) is 4.31. The molecule has 0 aliphatic carbocycles. The lowest BCUT2D eigenvalue weighted by Gasteiger charge is -2.35. The van der Waals surface area contributed by atoms with Gasteiger partial charge in [0, 0.05) is 25.9 Å². The minimum atomic E-state index is -0.285. The molecule has 3 aliphatic rings. The molecule has 2 bridgehead atoms. The monoisotopic (exact) mass is 408 g/mol. The van der Waals surface area contributed by atoms with Crippen molar-refractivity contribution in [3.8, 4) is 0 Å². The van der Waals surface area contributed by atoms with Crippen molar-refractivity contribution in [2.24, 2.45) is 0 Å². The summed E-state index contributed by atoms with van der Waals surface area (Å²) in [6, 6.07) is 8.69. The quantitative estimate of drug-likeness (QED) is 0.806. The number of nitrogens with zero attached hydrogens (tertiary/aromatic N) is 4. The molecule has 0 saturated carbocycles. The Morgan fingerprint density at radius 3 is 2.90 bits per heavy atom. The van der Waals surface area contributed by atoms with Crippen LogP contribution < -0.4 is 20.4 Å². The zero-order valence-corrected chi connectivity index (χ0v) is 16.6. The molecule has 3 amide bonds. The summed E-state index contributed by atoms with van der Waals surface area (Å²) >= 11 is 0. The van der Waals surface area contributed by atoms with Crippen LogP contribution in [-0.2, 0) is 4.74 Å². The Hall–Kier alpha value is -3.20. The van der Waals surface area contributed by atoms with Crippen LogP contribution in [0.25, 0.3) is 0 Å². The van der Waals surface area contributed by atoms with E-state index in [0.717, 1.165) is 44.6 Å². The molecule has 2 unspecified atom stereocenters. The molecule has 0 radical (unpaired) electrons. The van der Waals surface area contributed by atoms with Crippen molar-refractivity contribution in [1.82, 2.24) is 15.3 Å². The molecule has 9 heteroatoms. The molecule has 3 aliphatic heterocycles. The van der Waals surface area contributed by atoms with Gasteiger partial charge in [0.05, 0.1) is 24.4 Å². The maximum absolute atomic E-state index is 13.1. The van der Waals surface area contributed by atoms with E-state index in [1.165, 1.54) is 0 Å². The fraction of sp³-hybridized carbons (Fsp3) is 0.429. The van der Waals surface area contributed by atoms with Crippen LogP contribution in [0.15, 0.2) is 36.5 Å². The Labute approximate surface area is 174 Å². The van der Waals surface area contributed by atoms with Crippen LogP contribution in [0.1, 0.15) is 29.8 Å². The summed E-state index contributed by atoms with van der Waals surface area (Å²) in [5.41, 5.74) is 1.18. The van der Waals surface area contributed by atoms with E-state index >= 15 is 0 Å². The minimum absolute atomic E-state index is 0.00688. The van der Waals surface area contributed by atoms with Gasteiger partial charge in [-0.1, -0.05) is 6.07 Å². The second-order valence-corrected chi connectivity index (χ2v) is 7.83. The highest BCUT2D eigenvalue weighted by molar-refractivity contribution is 6.05. The fourth-order valence-electron chi connectivity index (χ4n) is 4.32. The molecular formula is C21H24N6O3. The molecule has 0 spiro atoms. The normalized spacial score (nSPS) is 22.4. The van der Waals surface area contributed by atoms with Gasteiger partial charge in [-0.2, -0.15) is 0 Å². The average Bonchev–Trinajstić information content (AvgIpc) is 3.19. The van der Waals surface area contributed by atoms with Crippen LogP contribution in [0.2, 0.25) is 0 Å². The number of carbonyl (C=O) groups excluding carboxylic acids is 2. The number of rotatable bonds is 3. The number of anilines is 3. The number of nitrogens with one attached hydrogen (secondary N) is 2. The number of fused-ring (bicyclic) bond motifs is 4. The lowest BCUT2D eigenvalue weighted by molar-refractivity contribution is 0.0622. The van der Waals surface area contributed by atoms with Gasteiger partial charge in [-0.25, -0.2) is 14.8 Å². The van der Waals surface area contributed by atoms with Crippen molar-refractivity contribution >= 4 is 29.3 Å². The van der Waals surface area contributed by atoms with Crippen molar-refractivity contribution < 1.29 is 14.3 Å². The van der Waals surface area contributed by atoms with E-state index in [1.807, 2.05) is 12.1 Å². The molecule has 9 nitrogen and oxygen atoms in total. The summed E-state index contributed by atoms with van der Waals surface area (Å²) in [5, 5.41) is 5.84. The molecule has 5 rings (SSSR count). The third-order valence-corrected chi connectivity index (χ3v) is 5.80. The highest BCUT2D eigenvalue weighted by atomic mass is 16.5. The van der Waals surface area contributed by atoms with E-state index in [1.54, 1.807) is 29.3 Å². The van der Waals surface area contributed by atoms with Crippen molar-refractivity contribution in [3.63, 3.8) is 0 Å². The summed E-state index contributed by atoms with van der Waals surface area (Å²) in [5.74, 6) is 0.756. The number of hydrogen-bond acceptors (Lipinski definition) is 6. The Morgan fingerprint density at radius 2 is 2.10 bits per heavy atom. The predicted molar refractivity (Wildman–Crippen MR) is 112 cm³/mol. The first-order chi connectivity index (χ1) is 14.7. The highest BCUT2D eigenvalue weighted by Gasteiger charge is 2.40. The molecule has 5 heterocycles. The SMILES string of the molecule is O=C(NC1CCCOC1)c1ccc2c(n1)N(C(=O)Nc1ccccn1)C1CCN2C1. The predicted octanol–water partition coefficient (Wildman–Crippen LogP) is 2.02. The van der Waals surface area contributed by atoms with E-state index in [-0.39, 0.29) is 24.0 Å². The molecule has 2 N–H and O–H groups in total. The van der Waals surface area contributed by atoms with Gasteiger partial charge in [0.25, 0.3) is 5.91 Å². The topological polar surface area (TPSA) is 99.7 Å². The van der Waals surface area contributed by atoms with Gasteiger partial charge in [0.15, 0.2) is 5.82 Å². The fourth-order valence-corrected chi connectivity index (χ4v) is 4.32. The van der Waals surface area contributed by atoms with E-state index in [2.05, 4.69) is 25.5 Å². The molecule has 2 atom stereocenters. The number of ether oxygens (including phenoxy) is 1. The maximum atomic E-state index is 13.1. The minimum Gasteiger partial charge on any atom is -0.379 e. The number of amides is 3. The van der Waals surface area contributed by atoms with Crippen molar-refractivity contribution in [2.75, 3.05) is 41.4 Å². The largest absolute Gasteiger partial charge is 0.379 e.